The SMILES string of the molecule is CC(C)C(=O)c1ncc(N2CC3(COC3)C2)cc1NC(=O)CNCc1ccncn1. The first-order chi connectivity index (χ1) is 14.5. The summed E-state index contributed by atoms with van der Waals surface area (Å²) in [4.78, 5) is 39.7. The number of ether oxygens (including phenoxy) is 1. The van der Waals surface area contributed by atoms with Gasteiger partial charge in [-0.1, -0.05) is 13.8 Å². The van der Waals surface area contributed by atoms with Gasteiger partial charge in [0.05, 0.1) is 48.4 Å². The molecule has 9 heteroatoms. The molecule has 0 bridgehead atoms. The summed E-state index contributed by atoms with van der Waals surface area (Å²) in [6.07, 6.45) is 4.83. The van der Waals surface area contributed by atoms with Crippen molar-refractivity contribution in [1.29, 1.82) is 0 Å². The first-order valence-corrected chi connectivity index (χ1v) is 10.1. The van der Waals surface area contributed by atoms with Crippen LogP contribution in [-0.4, -0.2) is 59.5 Å². The van der Waals surface area contributed by atoms with Crippen LogP contribution in [0, 0.1) is 11.3 Å². The Morgan fingerprint density at radius 1 is 1.27 bits per heavy atom. The van der Waals surface area contributed by atoms with Gasteiger partial charge in [-0.05, 0) is 12.1 Å². The summed E-state index contributed by atoms with van der Waals surface area (Å²) in [7, 11) is 0. The zero-order chi connectivity index (χ0) is 21.1. The smallest absolute Gasteiger partial charge is 0.238 e. The third-order valence-electron chi connectivity index (χ3n) is 5.37. The summed E-state index contributed by atoms with van der Waals surface area (Å²) in [6, 6.07) is 3.63. The number of Topliss-reactive ketones (excluding diaryl/α,β-unsaturated/α-hetero) is 1. The second kappa shape index (κ2) is 8.45. The molecule has 2 fully saturated rings. The van der Waals surface area contributed by atoms with E-state index in [9.17, 15) is 9.59 Å². The highest BCUT2D eigenvalue weighted by Crippen LogP contribution is 2.40. The zero-order valence-corrected chi connectivity index (χ0v) is 17.2. The van der Waals surface area contributed by atoms with Gasteiger partial charge in [-0.25, -0.2) is 15.0 Å². The Morgan fingerprint density at radius 3 is 2.70 bits per heavy atom. The van der Waals surface area contributed by atoms with Crippen molar-refractivity contribution in [1.82, 2.24) is 20.3 Å². The molecule has 2 saturated heterocycles. The lowest BCUT2D eigenvalue weighted by molar-refractivity contribution is -0.127. The maximum absolute atomic E-state index is 12.6. The summed E-state index contributed by atoms with van der Waals surface area (Å²) in [6.45, 7) is 7.58. The number of aromatic nitrogens is 3. The van der Waals surface area contributed by atoms with Gasteiger partial charge < -0.3 is 20.3 Å². The Hall–Kier alpha value is -2.91. The number of carbonyl (C=O) groups excluding carboxylic acids is 2. The van der Waals surface area contributed by atoms with Crippen molar-refractivity contribution in [3.05, 3.63) is 42.2 Å². The van der Waals surface area contributed by atoms with Crippen LogP contribution < -0.4 is 15.5 Å². The van der Waals surface area contributed by atoms with Crippen LogP contribution >= 0.6 is 0 Å². The van der Waals surface area contributed by atoms with E-state index in [1.807, 2.05) is 19.9 Å². The van der Waals surface area contributed by atoms with E-state index in [0.717, 1.165) is 37.7 Å². The molecule has 0 saturated carbocycles. The van der Waals surface area contributed by atoms with Gasteiger partial charge in [0.1, 0.15) is 12.0 Å². The molecule has 2 N–H and O–H groups in total. The molecule has 9 nitrogen and oxygen atoms in total. The van der Waals surface area contributed by atoms with Crippen molar-refractivity contribution in [3.8, 4) is 0 Å². The quantitative estimate of drug-likeness (QED) is 0.627. The molecule has 2 aliphatic heterocycles. The van der Waals surface area contributed by atoms with Crippen LogP contribution in [-0.2, 0) is 16.1 Å². The minimum Gasteiger partial charge on any atom is -0.380 e. The van der Waals surface area contributed by atoms with Crippen molar-refractivity contribution in [2.45, 2.75) is 20.4 Å². The third-order valence-corrected chi connectivity index (χ3v) is 5.37. The number of pyridine rings is 1. The molecule has 0 unspecified atom stereocenters. The van der Waals surface area contributed by atoms with Crippen LogP contribution in [0.4, 0.5) is 11.4 Å². The number of hydrogen-bond acceptors (Lipinski definition) is 8. The van der Waals surface area contributed by atoms with Crippen molar-refractivity contribution in [2.24, 2.45) is 11.3 Å². The second-order valence-corrected chi connectivity index (χ2v) is 8.31. The molecular weight excluding hydrogens is 384 g/mol. The van der Waals surface area contributed by atoms with Crippen LogP contribution in [0.5, 0.6) is 0 Å². The van der Waals surface area contributed by atoms with Crippen LogP contribution in [0.3, 0.4) is 0 Å². The predicted octanol–water partition coefficient (Wildman–Crippen LogP) is 1.28. The van der Waals surface area contributed by atoms with Crippen molar-refractivity contribution in [3.63, 3.8) is 0 Å². The Balaban J connectivity index is 1.42. The van der Waals surface area contributed by atoms with Crippen molar-refractivity contribution >= 4 is 23.1 Å². The maximum Gasteiger partial charge on any atom is 0.238 e. The minimum absolute atomic E-state index is 0.0910. The van der Waals surface area contributed by atoms with Gasteiger partial charge >= 0.3 is 0 Å². The van der Waals surface area contributed by atoms with E-state index in [4.69, 9.17) is 4.74 Å². The van der Waals surface area contributed by atoms with Gasteiger partial charge in [0, 0.05) is 31.7 Å². The van der Waals surface area contributed by atoms with E-state index >= 15 is 0 Å². The third kappa shape index (κ3) is 4.31. The molecule has 2 aromatic heterocycles. The molecule has 158 valence electrons. The van der Waals surface area contributed by atoms with E-state index in [1.54, 1.807) is 18.5 Å². The van der Waals surface area contributed by atoms with Gasteiger partial charge in [0.25, 0.3) is 0 Å². The average molecular weight is 410 g/mol. The summed E-state index contributed by atoms with van der Waals surface area (Å²) in [5.74, 6) is -0.555. The number of nitrogens with one attached hydrogen (secondary N) is 2. The molecule has 0 radical (unpaired) electrons. The molecule has 0 aliphatic carbocycles. The number of hydrogen-bond donors (Lipinski definition) is 2. The summed E-state index contributed by atoms with van der Waals surface area (Å²) >= 11 is 0. The molecule has 30 heavy (non-hydrogen) atoms. The van der Waals surface area contributed by atoms with Crippen molar-refractivity contribution < 1.29 is 14.3 Å². The lowest BCUT2D eigenvalue weighted by Gasteiger charge is -2.55. The molecular formula is C21H26N6O3. The van der Waals surface area contributed by atoms with E-state index in [-0.39, 0.29) is 29.6 Å². The Kier molecular flexibility index (Phi) is 5.74. The Bertz CT molecular complexity index is 922. The molecule has 0 atom stereocenters. The van der Waals surface area contributed by atoms with Gasteiger partial charge in [0.15, 0.2) is 5.78 Å². The highest BCUT2D eigenvalue weighted by molar-refractivity contribution is 6.05. The van der Waals surface area contributed by atoms with Gasteiger partial charge in [-0.2, -0.15) is 0 Å². The van der Waals surface area contributed by atoms with Crippen LogP contribution in [0.15, 0.2) is 30.9 Å². The standard InChI is InChI=1S/C21H26N6O3/c1-14(2)20(29)19-17(26-18(28)8-23-6-15-3-4-22-13-25-15)5-16(7-24-19)27-9-21(10-27)11-30-12-21/h3-5,7,13-14,23H,6,8-12H2,1-2H3,(H,26,28). The van der Waals surface area contributed by atoms with Gasteiger partial charge in [-0.15, -0.1) is 0 Å². The Labute approximate surface area is 175 Å². The number of amides is 1. The fraction of sp³-hybridized carbons (Fsp3) is 0.476. The average Bonchev–Trinajstić information content (AvgIpc) is 2.66. The molecule has 4 rings (SSSR count). The maximum atomic E-state index is 12.6. The number of ketones is 1. The molecule has 2 aromatic rings. The molecule has 1 spiro atoms. The van der Waals surface area contributed by atoms with Gasteiger partial charge in [0.2, 0.25) is 5.91 Å². The summed E-state index contributed by atoms with van der Waals surface area (Å²) < 4.78 is 5.33. The fourth-order valence-electron chi connectivity index (χ4n) is 3.63. The summed E-state index contributed by atoms with van der Waals surface area (Å²) in [5, 5.41) is 5.90. The highest BCUT2D eigenvalue weighted by atomic mass is 16.5. The second-order valence-electron chi connectivity index (χ2n) is 8.31. The predicted molar refractivity (Wildman–Crippen MR) is 111 cm³/mol. The minimum atomic E-state index is -0.242. The van der Waals surface area contributed by atoms with E-state index in [2.05, 4.69) is 30.5 Å². The monoisotopic (exact) mass is 410 g/mol. The molecule has 2 aliphatic rings. The van der Waals surface area contributed by atoms with Gasteiger partial charge in [-0.3, -0.25) is 9.59 Å². The summed E-state index contributed by atoms with van der Waals surface area (Å²) in [5.41, 5.74) is 2.70. The Morgan fingerprint density at radius 2 is 2.07 bits per heavy atom. The first-order valence-electron chi connectivity index (χ1n) is 10.1. The lowest BCUT2D eigenvalue weighted by Crippen LogP contribution is -2.66. The van der Waals surface area contributed by atoms with Crippen LogP contribution in [0.1, 0.15) is 30.0 Å². The molecule has 0 aromatic carbocycles. The van der Waals surface area contributed by atoms with Crippen molar-refractivity contribution in [2.75, 3.05) is 43.1 Å². The van der Waals surface area contributed by atoms with E-state index in [0.29, 0.717) is 17.9 Å². The molecule has 1 amide bonds. The highest BCUT2D eigenvalue weighted by Gasteiger charge is 2.49. The molecule has 4 heterocycles. The zero-order valence-electron chi connectivity index (χ0n) is 17.2. The number of anilines is 2. The lowest BCUT2D eigenvalue weighted by atomic mass is 9.78. The number of nitrogens with zero attached hydrogens (tertiary/aromatic N) is 4. The van der Waals surface area contributed by atoms with Crippen LogP contribution in [0.2, 0.25) is 0 Å². The topological polar surface area (TPSA) is 109 Å². The van der Waals surface area contributed by atoms with E-state index < -0.39 is 0 Å². The van der Waals surface area contributed by atoms with Crippen LogP contribution in [0.25, 0.3) is 0 Å². The first kappa shape index (κ1) is 20.4. The normalized spacial score (nSPS) is 16.8. The number of rotatable bonds is 8. The fourth-order valence-corrected chi connectivity index (χ4v) is 3.63. The largest absolute Gasteiger partial charge is 0.380 e. The van der Waals surface area contributed by atoms with E-state index in [1.165, 1.54) is 6.33 Å². The number of carbonyl (C=O) groups is 2.